The number of nitrogens with zero attached hydrogens (tertiary/aromatic N) is 2. The maximum absolute atomic E-state index is 5.55. The molecule has 114 valence electrons. The number of hydrogen-bond donors (Lipinski definition) is 1. The van der Waals surface area contributed by atoms with E-state index in [1.165, 1.54) is 12.8 Å². The SMILES string of the molecule is CCCCN(C)C(=NCC(OC)C(C)(C)C)NCC. The van der Waals surface area contributed by atoms with E-state index >= 15 is 0 Å². The second-order valence-electron chi connectivity index (χ2n) is 6.06. The van der Waals surface area contributed by atoms with E-state index in [0.717, 1.165) is 19.0 Å². The van der Waals surface area contributed by atoms with Crippen molar-refractivity contribution in [3.05, 3.63) is 0 Å². The van der Waals surface area contributed by atoms with Crippen LogP contribution in [0.4, 0.5) is 0 Å². The van der Waals surface area contributed by atoms with Crippen LogP contribution in [0.3, 0.4) is 0 Å². The molecular formula is C15H33N3O. The smallest absolute Gasteiger partial charge is 0.193 e. The molecule has 1 unspecified atom stereocenters. The summed E-state index contributed by atoms with van der Waals surface area (Å²) in [6, 6.07) is 0. The Bertz CT molecular complexity index is 259. The molecule has 0 fully saturated rings. The largest absolute Gasteiger partial charge is 0.379 e. The Balaban J connectivity index is 4.63. The van der Waals surface area contributed by atoms with Crippen LogP contribution in [0.1, 0.15) is 47.5 Å². The van der Waals surface area contributed by atoms with Gasteiger partial charge in [-0.15, -0.1) is 0 Å². The highest BCUT2D eigenvalue weighted by Gasteiger charge is 2.24. The molecule has 4 nitrogen and oxygen atoms in total. The number of nitrogens with one attached hydrogen (secondary N) is 1. The molecular weight excluding hydrogens is 238 g/mol. The minimum Gasteiger partial charge on any atom is -0.379 e. The Hall–Kier alpha value is -0.770. The molecule has 0 spiro atoms. The van der Waals surface area contributed by atoms with Gasteiger partial charge in [-0.05, 0) is 18.8 Å². The minimum absolute atomic E-state index is 0.109. The zero-order valence-corrected chi connectivity index (χ0v) is 13.9. The molecule has 0 radical (unpaired) electrons. The lowest BCUT2D eigenvalue weighted by atomic mass is 9.89. The van der Waals surface area contributed by atoms with Gasteiger partial charge in [-0.25, -0.2) is 0 Å². The molecule has 0 aliphatic heterocycles. The molecule has 0 aromatic carbocycles. The van der Waals surface area contributed by atoms with Crippen LogP contribution in [0.15, 0.2) is 4.99 Å². The van der Waals surface area contributed by atoms with E-state index in [1.807, 2.05) is 0 Å². The summed E-state index contributed by atoms with van der Waals surface area (Å²) in [6.07, 6.45) is 2.53. The number of guanidine groups is 1. The van der Waals surface area contributed by atoms with Gasteiger partial charge in [0, 0.05) is 27.2 Å². The fourth-order valence-electron chi connectivity index (χ4n) is 1.84. The summed E-state index contributed by atoms with van der Waals surface area (Å²) in [7, 11) is 3.86. The fraction of sp³-hybridized carbons (Fsp3) is 0.933. The van der Waals surface area contributed by atoms with Gasteiger partial charge in [-0.3, -0.25) is 4.99 Å². The first-order chi connectivity index (χ1) is 8.86. The van der Waals surface area contributed by atoms with E-state index in [-0.39, 0.29) is 11.5 Å². The first kappa shape index (κ1) is 18.2. The Morgan fingerprint density at radius 1 is 1.32 bits per heavy atom. The third-order valence-corrected chi connectivity index (χ3v) is 3.20. The van der Waals surface area contributed by atoms with Crippen molar-refractivity contribution in [1.82, 2.24) is 10.2 Å². The van der Waals surface area contributed by atoms with Gasteiger partial charge in [-0.1, -0.05) is 34.1 Å². The molecule has 0 rings (SSSR count). The number of unbranched alkanes of at least 4 members (excludes halogenated alkanes) is 1. The van der Waals surface area contributed by atoms with Gasteiger partial charge >= 0.3 is 0 Å². The average Bonchev–Trinajstić information content (AvgIpc) is 2.33. The highest BCUT2D eigenvalue weighted by Crippen LogP contribution is 2.21. The van der Waals surface area contributed by atoms with Gasteiger partial charge in [0.05, 0.1) is 12.6 Å². The van der Waals surface area contributed by atoms with Gasteiger partial charge in [0.1, 0.15) is 0 Å². The van der Waals surface area contributed by atoms with Crippen LogP contribution in [0, 0.1) is 5.41 Å². The molecule has 0 aliphatic rings. The zero-order valence-electron chi connectivity index (χ0n) is 13.9. The summed E-state index contributed by atoms with van der Waals surface area (Å²) >= 11 is 0. The first-order valence-electron chi connectivity index (χ1n) is 7.39. The summed E-state index contributed by atoms with van der Waals surface area (Å²) in [5.74, 6) is 0.974. The normalized spacial score (nSPS) is 14.4. The highest BCUT2D eigenvalue weighted by atomic mass is 16.5. The van der Waals surface area contributed by atoms with Crippen LogP contribution in [-0.2, 0) is 4.74 Å². The number of rotatable bonds is 7. The molecule has 1 N–H and O–H groups in total. The van der Waals surface area contributed by atoms with Crippen LogP contribution in [0.5, 0.6) is 0 Å². The van der Waals surface area contributed by atoms with Crippen LogP contribution in [0.2, 0.25) is 0 Å². The van der Waals surface area contributed by atoms with Crippen molar-refractivity contribution in [2.24, 2.45) is 10.4 Å². The van der Waals surface area contributed by atoms with E-state index in [4.69, 9.17) is 9.73 Å². The average molecular weight is 271 g/mol. The lowest BCUT2D eigenvalue weighted by molar-refractivity contribution is 0.0240. The molecule has 0 amide bonds. The molecule has 4 heteroatoms. The van der Waals surface area contributed by atoms with Gasteiger partial charge in [0.15, 0.2) is 5.96 Å². The van der Waals surface area contributed by atoms with Crippen molar-refractivity contribution in [2.75, 3.05) is 33.8 Å². The molecule has 0 saturated carbocycles. The van der Waals surface area contributed by atoms with E-state index in [2.05, 4.69) is 51.9 Å². The quantitative estimate of drug-likeness (QED) is 0.571. The Kier molecular flexibility index (Phi) is 8.81. The molecule has 0 aliphatic carbocycles. The zero-order chi connectivity index (χ0) is 14.9. The number of ether oxygens (including phenoxy) is 1. The number of methoxy groups -OCH3 is 1. The van der Waals surface area contributed by atoms with Crippen molar-refractivity contribution >= 4 is 5.96 Å². The number of hydrogen-bond acceptors (Lipinski definition) is 2. The van der Waals surface area contributed by atoms with Crippen LogP contribution < -0.4 is 5.32 Å². The van der Waals surface area contributed by atoms with Gasteiger partial charge in [0.2, 0.25) is 0 Å². The van der Waals surface area contributed by atoms with E-state index in [0.29, 0.717) is 6.54 Å². The molecule has 0 bridgehead atoms. The second kappa shape index (κ2) is 9.18. The lowest BCUT2D eigenvalue weighted by Crippen LogP contribution is -2.41. The van der Waals surface area contributed by atoms with Crippen LogP contribution in [0.25, 0.3) is 0 Å². The third-order valence-electron chi connectivity index (χ3n) is 3.20. The summed E-state index contributed by atoms with van der Waals surface area (Å²) in [5.41, 5.74) is 0.109. The van der Waals surface area contributed by atoms with E-state index < -0.39 is 0 Å². The van der Waals surface area contributed by atoms with E-state index in [1.54, 1.807) is 7.11 Å². The predicted molar refractivity (Wildman–Crippen MR) is 83.8 cm³/mol. The Morgan fingerprint density at radius 2 is 1.95 bits per heavy atom. The first-order valence-corrected chi connectivity index (χ1v) is 7.39. The maximum Gasteiger partial charge on any atom is 0.193 e. The van der Waals surface area contributed by atoms with Gasteiger partial charge in [0.25, 0.3) is 0 Å². The number of aliphatic imine (C=N–C) groups is 1. The fourth-order valence-corrected chi connectivity index (χ4v) is 1.84. The second-order valence-corrected chi connectivity index (χ2v) is 6.06. The highest BCUT2D eigenvalue weighted by molar-refractivity contribution is 5.79. The summed E-state index contributed by atoms with van der Waals surface area (Å²) in [4.78, 5) is 6.91. The standard InChI is InChI=1S/C15H33N3O/c1-8-10-11-18(6)14(16-9-2)17-12-13(19-7)15(3,4)5/h13H,8-12H2,1-7H3,(H,16,17). The topological polar surface area (TPSA) is 36.9 Å². The van der Waals surface area contributed by atoms with Crippen molar-refractivity contribution < 1.29 is 4.74 Å². The maximum atomic E-state index is 5.55. The van der Waals surface area contributed by atoms with Crippen molar-refractivity contribution in [2.45, 2.75) is 53.6 Å². The predicted octanol–water partition coefficient (Wildman–Crippen LogP) is 2.74. The van der Waals surface area contributed by atoms with Crippen molar-refractivity contribution in [3.8, 4) is 0 Å². The van der Waals surface area contributed by atoms with E-state index in [9.17, 15) is 0 Å². The van der Waals surface area contributed by atoms with Crippen LogP contribution >= 0.6 is 0 Å². The Morgan fingerprint density at radius 3 is 2.37 bits per heavy atom. The molecule has 0 aromatic rings. The monoisotopic (exact) mass is 271 g/mol. The Labute approximate surface area is 119 Å². The molecule has 0 saturated heterocycles. The minimum atomic E-state index is 0.109. The van der Waals surface area contributed by atoms with Gasteiger partial charge in [-0.2, -0.15) is 0 Å². The van der Waals surface area contributed by atoms with Crippen molar-refractivity contribution in [3.63, 3.8) is 0 Å². The molecule has 0 aromatic heterocycles. The summed E-state index contributed by atoms with van der Waals surface area (Å²) in [5, 5.41) is 3.34. The third kappa shape index (κ3) is 7.41. The summed E-state index contributed by atoms with van der Waals surface area (Å²) in [6.45, 7) is 13.5. The lowest BCUT2D eigenvalue weighted by Gasteiger charge is -2.29. The summed E-state index contributed by atoms with van der Waals surface area (Å²) < 4.78 is 5.55. The van der Waals surface area contributed by atoms with Gasteiger partial charge < -0.3 is 15.0 Å². The van der Waals surface area contributed by atoms with Crippen molar-refractivity contribution in [1.29, 1.82) is 0 Å². The molecule has 1 atom stereocenters. The molecule has 19 heavy (non-hydrogen) atoms. The molecule has 0 heterocycles. The van der Waals surface area contributed by atoms with Crippen LogP contribution in [-0.4, -0.2) is 50.8 Å².